The molecule has 15 heteroatoms. The van der Waals surface area contributed by atoms with E-state index in [0.29, 0.717) is 11.3 Å². The number of aromatic nitrogens is 4. The number of β-lactam (4-membered cyclic amide) rings is 1. The van der Waals surface area contributed by atoms with Gasteiger partial charge in [0.05, 0.1) is 17.9 Å². The summed E-state index contributed by atoms with van der Waals surface area (Å²) >= 11 is 2.12. The Morgan fingerprint density at radius 1 is 1.48 bits per heavy atom. The van der Waals surface area contributed by atoms with Crippen LogP contribution in [0.4, 0.5) is 5.13 Å². The third kappa shape index (κ3) is 4.23. The van der Waals surface area contributed by atoms with Crippen molar-refractivity contribution in [1.29, 1.82) is 0 Å². The monoisotopic (exact) mass is 490 g/mol. The Morgan fingerprint density at radius 3 is 2.91 bits per heavy atom. The molecule has 1 saturated heterocycles. The maximum Gasteiger partial charge on any atom is 0.278 e. The lowest BCUT2D eigenvalue weighted by Gasteiger charge is -2.50. The number of nitrogens with two attached hydrogens (primary N) is 1. The highest BCUT2D eigenvalue weighted by Crippen LogP contribution is 2.40. The van der Waals surface area contributed by atoms with Crippen molar-refractivity contribution in [2.45, 2.75) is 31.3 Å². The molecular weight excluding hydrogens is 472 g/mol. The Hall–Kier alpha value is -3.59. The highest BCUT2D eigenvalue weighted by molar-refractivity contribution is 8.00. The zero-order chi connectivity index (χ0) is 23.7. The van der Waals surface area contributed by atoms with Gasteiger partial charge in [0.15, 0.2) is 24.1 Å². The van der Waals surface area contributed by atoms with Gasteiger partial charge in [0.2, 0.25) is 11.5 Å². The summed E-state index contributed by atoms with van der Waals surface area (Å²) in [7, 11) is 0. The summed E-state index contributed by atoms with van der Waals surface area (Å²) in [5.74, 6) is -2.85. The van der Waals surface area contributed by atoms with Gasteiger partial charge in [0.25, 0.3) is 11.8 Å². The van der Waals surface area contributed by atoms with Crippen molar-refractivity contribution >= 4 is 51.9 Å². The average Bonchev–Trinajstić information content (AvgIpc) is 3.23. The molecule has 4 N–H and O–H groups in total. The Labute approximate surface area is 195 Å². The largest absolute Gasteiger partial charge is 0.543 e. The van der Waals surface area contributed by atoms with Gasteiger partial charge in [0, 0.05) is 22.9 Å². The van der Waals surface area contributed by atoms with E-state index in [-0.39, 0.29) is 23.2 Å². The van der Waals surface area contributed by atoms with E-state index in [4.69, 9.17) is 5.73 Å². The van der Waals surface area contributed by atoms with Crippen LogP contribution in [0.3, 0.4) is 0 Å². The second kappa shape index (κ2) is 9.11. The molecule has 0 aliphatic carbocycles. The lowest BCUT2D eigenvalue weighted by Crippen LogP contribution is -2.71. The standard InChI is InChI=1S/C18H18N8O5S2/c1-2-9-6-25(4-3-20-9)5-8-7-32-16-11(15(28)26(16)12(8)17(29)30)21-14(27)10(23-31)13-22-18(19)33-24-13/h3-4,6,11,16H,2,5,7H2,1H3,(H4-,19,21,22,24,27,29,30,31)/t11?,16-/m1/s1. The molecule has 2 aromatic rings. The lowest BCUT2D eigenvalue weighted by molar-refractivity contribution is -0.689. The number of nitrogens with one attached hydrogen (secondary N) is 1. The fourth-order valence-electron chi connectivity index (χ4n) is 3.51. The van der Waals surface area contributed by atoms with Crippen molar-refractivity contribution in [3.63, 3.8) is 0 Å². The molecule has 2 amide bonds. The van der Waals surface area contributed by atoms with Gasteiger partial charge in [0.1, 0.15) is 17.1 Å². The normalized spacial score (nSPS) is 20.3. The summed E-state index contributed by atoms with van der Waals surface area (Å²) in [6.07, 6.45) is 5.87. The van der Waals surface area contributed by atoms with Gasteiger partial charge in [-0.25, -0.2) is 4.98 Å². The second-order valence-corrected chi connectivity index (χ2v) is 8.97. The number of nitrogens with zero attached hydrogens (tertiary/aromatic N) is 6. The Bertz CT molecular complexity index is 1200. The molecule has 1 unspecified atom stereocenters. The van der Waals surface area contributed by atoms with Gasteiger partial charge >= 0.3 is 0 Å². The molecule has 2 aliphatic heterocycles. The lowest BCUT2D eigenvalue weighted by atomic mass is 10.0. The first-order valence-corrected chi connectivity index (χ1v) is 11.5. The molecule has 2 atom stereocenters. The van der Waals surface area contributed by atoms with E-state index < -0.39 is 34.9 Å². The van der Waals surface area contributed by atoms with Crippen LogP contribution < -0.4 is 20.7 Å². The van der Waals surface area contributed by atoms with Crippen molar-refractivity contribution in [2.24, 2.45) is 5.16 Å². The van der Waals surface area contributed by atoms with E-state index in [2.05, 4.69) is 24.8 Å². The zero-order valence-corrected chi connectivity index (χ0v) is 18.8. The molecule has 0 bridgehead atoms. The number of rotatable bonds is 7. The van der Waals surface area contributed by atoms with Crippen molar-refractivity contribution in [3.05, 3.63) is 41.4 Å². The molecule has 0 spiro atoms. The van der Waals surface area contributed by atoms with E-state index in [1.807, 2.05) is 13.1 Å². The van der Waals surface area contributed by atoms with Crippen LogP contribution in [-0.4, -0.2) is 65.1 Å². The highest BCUT2D eigenvalue weighted by Gasteiger charge is 2.53. The minimum Gasteiger partial charge on any atom is -0.543 e. The summed E-state index contributed by atoms with van der Waals surface area (Å²) in [4.78, 5) is 46.4. The van der Waals surface area contributed by atoms with Crippen molar-refractivity contribution in [2.75, 3.05) is 11.5 Å². The molecule has 0 aromatic carbocycles. The van der Waals surface area contributed by atoms with Crippen LogP contribution in [0.1, 0.15) is 18.4 Å². The van der Waals surface area contributed by atoms with Crippen LogP contribution in [-0.2, 0) is 27.3 Å². The Kier molecular flexibility index (Phi) is 6.24. The molecule has 13 nitrogen and oxygen atoms in total. The van der Waals surface area contributed by atoms with E-state index in [1.165, 1.54) is 11.8 Å². The molecule has 0 radical (unpaired) electrons. The van der Waals surface area contributed by atoms with Crippen LogP contribution >= 0.6 is 23.3 Å². The van der Waals surface area contributed by atoms with E-state index in [9.17, 15) is 24.7 Å². The summed E-state index contributed by atoms with van der Waals surface area (Å²) in [6, 6.07) is -1.02. The molecule has 2 aliphatic rings. The number of hydrogen-bond acceptors (Lipinski definition) is 12. The topological polar surface area (TPSA) is 191 Å². The zero-order valence-electron chi connectivity index (χ0n) is 17.2. The predicted octanol–water partition coefficient (Wildman–Crippen LogP) is -2.35. The fraction of sp³-hybridized carbons (Fsp3) is 0.333. The third-order valence-corrected chi connectivity index (χ3v) is 6.93. The number of nitrogen functional groups attached to an aromatic ring is 1. The van der Waals surface area contributed by atoms with Crippen LogP contribution in [0.2, 0.25) is 0 Å². The number of anilines is 1. The van der Waals surface area contributed by atoms with Gasteiger partial charge < -0.3 is 26.2 Å². The van der Waals surface area contributed by atoms with E-state index in [0.717, 1.165) is 28.5 Å². The molecule has 1 fully saturated rings. The first-order chi connectivity index (χ1) is 15.8. The molecule has 0 saturated carbocycles. The predicted molar refractivity (Wildman–Crippen MR) is 114 cm³/mol. The quantitative estimate of drug-likeness (QED) is 0.124. The maximum atomic E-state index is 12.8. The van der Waals surface area contributed by atoms with E-state index in [1.54, 1.807) is 17.0 Å². The molecule has 4 heterocycles. The summed E-state index contributed by atoms with van der Waals surface area (Å²) in [5, 5.41) is 25.9. The van der Waals surface area contributed by atoms with Crippen LogP contribution in [0.5, 0.6) is 0 Å². The van der Waals surface area contributed by atoms with Crippen molar-refractivity contribution in [1.82, 2.24) is 24.6 Å². The number of thioether (sulfide) groups is 1. The van der Waals surface area contributed by atoms with Gasteiger partial charge in [-0.1, -0.05) is 12.1 Å². The smallest absolute Gasteiger partial charge is 0.278 e. The fourth-order valence-corrected chi connectivity index (χ4v) is 5.28. The van der Waals surface area contributed by atoms with Gasteiger partial charge in [-0.3, -0.25) is 14.5 Å². The average molecular weight is 491 g/mol. The number of carboxylic acid groups (broad SMARTS) is 1. The summed E-state index contributed by atoms with van der Waals surface area (Å²) < 4.78 is 5.61. The number of amides is 2. The number of fused-ring (bicyclic) bond motifs is 1. The number of aryl methyl sites for hydroxylation is 1. The van der Waals surface area contributed by atoms with Gasteiger partial charge in [-0.15, -0.1) is 11.8 Å². The van der Waals surface area contributed by atoms with Crippen molar-refractivity contribution < 1.29 is 29.3 Å². The molecule has 4 rings (SSSR count). The number of aliphatic carboxylic acids is 1. The first-order valence-electron chi connectivity index (χ1n) is 9.68. The minimum atomic E-state index is -1.47. The number of carbonyl (C=O) groups excluding carboxylic acids is 3. The van der Waals surface area contributed by atoms with Crippen LogP contribution in [0.15, 0.2) is 35.0 Å². The molecule has 172 valence electrons. The van der Waals surface area contributed by atoms with E-state index >= 15 is 0 Å². The number of carboxylic acids is 1. The molecular formula is C18H18N8O5S2. The summed E-state index contributed by atoms with van der Waals surface area (Å²) in [6.45, 7) is 2.21. The van der Waals surface area contributed by atoms with Crippen LogP contribution in [0, 0.1) is 0 Å². The molecule has 2 aromatic heterocycles. The minimum absolute atomic E-state index is 0.0714. The SMILES string of the molecule is CCc1c[n+](CC2=C(C(=O)[O-])N3C(=O)C(NC(=O)/C(=N\O)c4nsc(N)n4)[C@H]3SC2)ccn1. The van der Waals surface area contributed by atoms with Crippen LogP contribution in [0.25, 0.3) is 0 Å². The molecule has 33 heavy (non-hydrogen) atoms. The first kappa shape index (κ1) is 22.6. The van der Waals surface area contributed by atoms with Gasteiger partial charge in [-0.05, 0) is 6.42 Å². The highest BCUT2D eigenvalue weighted by atomic mass is 32.2. The maximum absolute atomic E-state index is 12.8. The van der Waals surface area contributed by atoms with Crippen molar-refractivity contribution in [3.8, 4) is 0 Å². The Morgan fingerprint density at radius 2 is 2.27 bits per heavy atom. The van der Waals surface area contributed by atoms with Gasteiger partial charge in [-0.2, -0.15) is 13.9 Å². The summed E-state index contributed by atoms with van der Waals surface area (Å²) in [5.41, 5.74) is 6.12. The Balaban J connectivity index is 1.53. The number of carbonyl (C=O) groups is 3. The second-order valence-electron chi connectivity index (χ2n) is 7.08. The number of hydrogen-bond donors (Lipinski definition) is 3. The number of oxime groups is 1. The third-order valence-electron chi connectivity index (χ3n) is 5.04.